The highest BCUT2D eigenvalue weighted by Gasteiger charge is 2.20. The Morgan fingerprint density at radius 3 is 2.47 bits per heavy atom. The zero-order valence-electron chi connectivity index (χ0n) is 10.7. The van der Waals surface area contributed by atoms with E-state index in [2.05, 4.69) is 15.9 Å². The summed E-state index contributed by atoms with van der Waals surface area (Å²) >= 11 is 3.12. The summed E-state index contributed by atoms with van der Waals surface area (Å²) in [5, 5.41) is 8.68. The van der Waals surface area contributed by atoms with Gasteiger partial charge in [-0.3, -0.25) is 9.59 Å². The number of nitrogens with zero attached hydrogens (tertiary/aromatic N) is 1. The molecule has 0 fully saturated rings. The summed E-state index contributed by atoms with van der Waals surface area (Å²) in [5.74, 6) is -1.87. The van der Waals surface area contributed by atoms with Gasteiger partial charge in [0.05, 0.1) is 6.42 Å². The minimum Gasteiger partial charge on any atom is -0.481 e. The van der Waals surface area contributed by atoms with Crippen LogP contribution in [0.3, 0.4) is 0 Å². The highest BCUT2D eigenvalue weighted by Crippen LogP contribution is 2.17. The van der Waals surface area contributed by atoms with Crippen LogP contribution in [0.4, 0.5) is 4.39 Å². The van der Waals surface area contributed by atoms with E-state index in [1.165, 1.54) is 17.0 Å². The van der Waals surface area contributed by atoms with Crippen LogP contribution in [0.1, 0.15) is 30.6 Å². The van der Waals surface area contributed by atoms with Crippen LogP contribution >= 0.6 is 15.9 Å². The first kappa shape index (κ1) is 15.6. The fourth-order valence-electron chi connectivity index (χ4n) is 1.65. The number of hydrogen-bond donors (Lipinski definition) is 1. The van der Waals surface area contributed by atoms with Crippen LogP contribution in [0.2, 0.25) is 0 Å². The Hall–Kier alpha value is -1.43. The predicted octanol–water partition coefficient (Wildman–Crippen LogP) is 2.91. The van der Waals surface area contributed by atoms with Gasteiger partial charge in [-0.05, 0) is 32.0 Å². The molecule has 0 aliphatic heterocycles. The van der Waals surface area contributed by atoms with E-state index in [9.17, 15) is 14.0 Å². The van der Waals surface area contributed by atoms with Crippen LogP contribution in [0.15, 0.2) is 22.7 Å². The van der Waals surface area contributed by atoms with Crippen LogP contribution in [-0.2, 0) is 4.79 Å². The Labute approximate surface area is 119 Å². The van der Waals surface area contributed by atoms with Crippen molar-refractivity contribution in [1.29, 1.82) is 0 Å². The summed E-state index contributed by atoms with van der Waals surface area (Å²) in [4.78, 5) is 24.2. The molecule has 1 rings (SSSR count). The second-order valence-electron chi connectivity index (χ2n) is 4.39. The molecule has 0 unspecified atom stereocenters. The third-order valence-corrected chi connectivity index (χ3v) is 3.02. The number of aliphatic carboxylic acids is 1. The summed E-state index contributed by atoms with van der Waals surface area (Å²) in [6.07, 6.45) is -0.138. The monoisotopic (exact) mass is 331 g/mol. The van der Waals surface area contributed by atoms with Gasteiger partial charge in [0, 0.05) is 22.6 Å². The SMILES string of the molecule is CC(C)N(CCC(=O)O)C(=O)c1cc(F)cc(Br)c1. The largest absolute Gasteiger partial charge is 0.481 e. The molecule has 0 saturated heterocycles. The van der Waals surface area contributed by atoms with Gasteiger partial charge in [0.2, 0.25) is 0 Å². The number of carboxylic acid groups (broad SMARTS) is 1. The van der Waals surface area contributed by atoms with Gasteiger partial charge >= 0.3 is 5.97 Å². The van der Waals surface area contributed by atoms with E-state index < -0.39 is 11.8 Å². The summed E-state index contributed by atoms with van der Waals surface area (Å²) in [6, 6.07) is 3.76. The van der Waals surface area contributed by atoms with E-state index in [1.807, 2.05) is 0 Å². The average molecular weight is 332 g/mol. The van der Waals surface area contributed by atoms with Crippen molar-refractivity contribution in [3.05, 3.63) is 34.1 Å². The Morgan fingerprint density at radius 2 is 2.00 bits per heavy atom. The molecule has 4 nitrogen and oxygen atoms in total. The molecule has 0 aromatic heterocycles. The molecule has 6 heteroatoms. The van der Waals surface area contributed by atoms with Crippen molar-refractivity contribution in [2.45, 2.75) is 26.3 Å². The second-order valence-corrected chi connectivity index (χ2v) is 5.31. The maximum absolute atomic E-state index is 13.3. The normalized spacial score (nSPS) is 10.6. The van der Waals surface area contributed by atoms with E-state index in [1.54, 1.807) is 13.8 Å². The van der Waals surface area contributed by atoms with Crippen molar-refractivity contribution in [1.82, 2.24) is 4.90 Å². The number of halogens is 2. The number of benzene rings is 1. The van der Waals surface area contributed by atoms with Gasteiger partial charge in [0.15, 0.2) is 0 Å². The smallest absolute Gasteiger partial charge is 0.305 e. The molecule has 0 heterocycles. The van der Waals surface area contributed by atoms with Crippen LogP contribution in [-0.4, -0.2) is 34.5 Å². The average Bonchev–Trinajstić information content (AvgIpc) is 2.26. The van der Waals surface area contributed by atoms with Crippen molar-refractivity contribution >= 4 is 27.8 Å². The van der Waals surface area contributed by atoms with Gasteiger partial charge in [-0.2, -0.15) is 0 Å². The van der Waals surface area contributed by atoms with E-state index in [0.717, 1.165) is 6.07 Å². The fraction of sp³-hybridized carbons (Fsp3) is 0.385. The van der Waals surface area contributed by atoms with Crippen molar-refractivity contribution in [3.8, 4) is 0 Å². The molecule has 1 N–H and O–H groups in total. The van der Waals surface area contributed by atoms with Crippen molar-refractivity contribution in [2.24, 2.45) is 0 Å². The summed E-state index contributed by atoms with van der Waals surface area (Å²) in [6.45, 7) is 3.67. The van der Waals surface area contributed by atoms with Gasteiger partial charge < -0.3 is 10.0 Å². The number of carbonyl (C=O) groups is 2. The molecule has 19 heavy (non-hydrogen) atoms. The molecule has 0 radical (unpaired) electrons. The topological polar surface area (TPSA) is 57.6 Å². The van der Waals surface area contributed by atoms with Crippen LogP contribution in [0.5, 0.6) is 0 Å². The molecule has 0 bridgehead atoms. The van der Waals surface area contributed by atoms with Crippen molar-refractivity contribution in [3.63, 3.8) is 0 Å². The maximum Gasteiger partial charge on any atom is 0.305 e. The number of carbonyl (C=O) groups excluding carboxylic acids is 1. The Bertz CT molecular complexity index is 471. The molecule has 104 valence electrons. The van der Waals surface area contributed by atoms with Crippen LogP contribution in [0.25, 0.3) is 0 Å². The minimum absolute atomic E-state index is 0.0972. The molecule has 1 aromatic rings. The molecule has 0 aliphatic carbocycles. The van der Waals surface area contributed by atoms with E-state index in [0.29, 0.717) is 4.47 Å². The minimum atomic E-state index is -0.973. The van der Waals surface area contributed by atoms with E-state index in [-0.39, 0.29) is 30.5 Å². The molecule has 0 saturated carbocycles. The van der Waals surface area contributed by atoms with Crippen LogP contribution < -0.4 is 0 Å². The van der Waals surface area contributed by atoms with Crippen LogP contribution in [0, 0.1) is 5.82 Å². The molecule has 1 aromatic carbocycles. The van der Waals surface area contributed by atoms with Gasteiger partial charge in [-0.1, -0.05) is 15.9 Å². The van der Waals surface area contributed by atoms with Crippen molar-refractivity contribution in [2.75, 3.05) is 6.54 Å². The predicted molar refractivity (Wildman–Crippen MR) is 72.5 cm³/mol. The van der Waals surface area contributed by atoms with Gasteiger partial charge in [0.1, 0.15) is 5.82 Å². The lowest BCUT2D eigenvalue weighted by Crippen LogP contribution is -2.38. The first-order valence-electron chi connectivity index (χ1n) is 5.80. The molecule has 0 atom stereocenters. The summed E-state index contributed by atoms with van der Waals surface area (Å²) in [5.41, 5.74) is 0.200. The lowest BCUT2D eigenvalue weighted by Gasteiger charge is -2.26. The highest BCUT2D eigenvalue weighted by molar-refractivity contribution is 9.10. The Kier molecular flexibility index (Phi) is 5.47. The molecular weight excluding hydrogens is 317 g/mol. The first-order valence-corrected chi connectivity index (χ1v) is 6.59. The lowest BCUT2D eigenvalue weighted by molar-refractivity contribution is -0.137. The summed E-state index contributed by atoms with van der Waals surface area (Å²) in [7, 11) is 0. The maximum atomic E-state index is 13.3. The standard InChI is InChI=1S/C13H15BrFNO3/c1-8(2)16(4-3-12(17)18)13(19)9-5-10(14)7-11(15)6-9/h5-8H,3-4H2,1-2H3,(H,17,18). The Balaban J connectivity index is 2.95. The van der Waals surface area contributed by atoms with Crippen molar-refractivity contribution < 1.29 is 19.1 Å². The quantitative estimate of drug-likeness (QED) is 0.902. The van der Waals surface area contributed by atoms with Gasteiger partial charge in [-0.15, -0.1) is 0 Å². The Morgan fingerprint density at radius 1 is 1.37 bits per heavy atom. The zero-order valence-corrected chi connectivity index (χ0v) is 12.3. The first-order chi connectivity index (χ1) is 8.81. The molecular formula is C13H15BrFNO3. The van der Waals surface area contributed by atoms with E-state index in [4.69, 9.17) is 5.11 Å². The number of amides is 1. The third-order valence-electron chi connectivity index (χ3n) is 2.56. The number of carboxylic acids is 1. The molecule has 1 amide bonds. The zero-order chi connectivity index (χ0) is 14.6. The molecule has 0 aliphatic rings. The fourth-order valence-corrected chi connectivity index (χ4v) is 2.12. The molecule has 0 spiro atoms. The number of rotatable bonds is 5. The van der Waals surface area contributed by atoms with E-state index >= 15 is 0 Å². The highest BCUT2D eigenvalue weighted by atomic mass is 79.9. The summed E-state index contributed by atoms with van der Waals surface area (Å²) < 4.78 is 13.7. The lowest BCUT2D eigenvalue weighted by atomic mass is 10.1. The second kappa shape index (κ2) is 6.65. The van der Waals surface area contributed by atoms with Gasteiger partial charge in [0.25, 0.3) is 5.91 Å². The third kappa shape index (κ3) is 4.63. The number of hydrogen-bond acceptors (Lipinski definition) is 2. The van der Waals surface area contributed by atoms with Gasteiger partial charge in [-0.25, -0.2) is 4.39 Å².